The molecule has 0 N–H and O–H groups in total. The largest absolute Gasteiger partial charge is 0.456 e. The summed E-state index contributed by atoms with van der Waals surface area (Å²) in [5, 5.41) is 2.02. The van der Waals surface area contributed by atoms with E-state index < -0.39 is 0 Å². The van der Waals surface area contributed by atoms with Gasteiger partial charge in [0.2, 0.25) is 5.89 Å². The smallest absolute Gasteiger partial charge is 0.227 e. The van der Waals surface area contributed by atoms with Crippen LogP contribution in [0, 0.1) is 0 Å². The molecular weight excluding hydrogens is 568 g/mol. The van der Waals surface area contributed by atoms with Gasteiger partial charge in [0, 0.05) is 33.0 Å². The van der Waals surface area contributed by atoms with Gasteiger partial charge in [0.05, 0.1) is 0 Å². The number of hydrogen-bond donors (Lipinski definition) is 0. The molecule has 6 heteroatoms. The van der Waals surface area contributed by atoms with Crippen LogP contribution in [-0.4, -0.2) is 19.9 Å². The molecule has 9 rings (SSSR count). The maximum Gasteiger partial charge on any atom is 0.227 e. The Morgan fingerprint density at radius 2 is 0.870 bits per heavy atom. The fraction of sp³-hybridized carbons (Fsp3) is 0. The van der Waals surface area contributed by atoms with E-state index in [1.165, 1.54) is 0 Å². The molecule has 0 aliphatic rings. The molecule has 0 atom stereocenters. The molecule has 3 aromatic heterocycles. The molecule has 0 unspecified atom stereocenters. The fourth-order valence-corrected chi connectivity index (χ4v) is 5.84. The van der Waals surface area contributed by atoms with Gasteiger partial charge in [-0.1, -0.05) is 91.0 Å². The van der Waals surface area contributed by atoms with E-state index in [1.807, 2.05) is 115 Å². The lowest BCUT2D eigenvalue weighted by Gasteiger charge is -2.08. The molecule has 0 saturated heterocycles. The highest BCUT2D eigenvalue weighted by Crippen LogP contribution is 2.36. The molecule has 46 heavy (non-hydrogen) atoms. The standard InChI is InChI=1S/C40H24N4O2/c1-4-10-25(11-5-1)37-42-38(26-12-6-2-7-13-26)44-39(43-37)30-18-21-34-32(22-30)31-19-16-28(23-35(31)45-34)29-17-20-33-36(24-29)46-40(41-33)27-14-8-3-9-15-27/h1-24H. The zero-order valence-corrected chi connectivity index (χ0v) is 24.5. The fourth-order valence-electron chi connectivity index (χ4n) is 5.84. The molecular formula is C40H24N4O2. The second-order valence-electron chi connectivity index (χ2n) is 11.1. The molecule has 6 nitrogen and oxygen atoms in total. The van der Waals surface area contributed by atoms with Crippen LogP contribution >= 0.6 is 0 Å². The highest BCUT2D eigenvalue weighted by molar-refractivity contribution is 6.07. The van der Waals surface area contributed by atoms with Crippen molar-refractivity contribution in [1.29, 1.82) is 0 Å². The lowest BCUT2D eigenvalue weighted by Crippen LogP contribution is -2.00. The molecule has 6 aromatic carbocycles. The van der Waals surface area contributed by atoms with Gasteiger partial charge in [-0.25, -0.2) is 19.9 Å². The Hall–Kier alpha value is -6.40. The van der Waals surface area contributed by atoms with E-state index in [-0.39, 0.29) is 0 Å². The minimum atomic E-state index is 0.607. The first-order valence-corrected chi connectivity index (χ1v) is 15.1. The van der Waals surface area contributed by atoms with Crippen molar-refractivity contribution < 1.29 is 8.83 Å². The Labute approximate surface area is 263 Å². The molecule has 0 bridgehead atoms. The van der Waals surface area contributed by atoms with Crippen molar-refractivity contribution in [2.24, 2.45) is 0 Å². The van der Waals surface area contributed by atoms with Gasteiger partial charge in [0.1, 0.15) is 16.7 Å². The van der Waals surface area contributed by atoms with E-state index in [9.17, 15) is 0 Å². The normalized spacial score (nSPS) is 11.5. The summed E-state index contributed by atoms with van der Waals surface area (Å²) >= 11 is 0. The molecule has 3 heterocycles. The van der Waals surface area contributed by atoms with Crippen LogP contribution in [0.3, 0.4) is 0 Å². The number of benzene rings is 6. The number of rotatable bonds is 5. The van der Waals surface area contributed by atoms with Gasteiger partial charge in [-0.3, -0.25) is 0 Å². The Balaban J connectivity index is 1.11. The van der Waals surface area contributed by atoms with Gasteiger partial charge in [-0.15, -0.1) is 0 Å². The SMILES string of the molecule is c1ccc(-c2nc(-c3ccccc3)nc(-c3ccc4oc5cc(-c6ccc7nc(-c8ccccc8)oc7c6)ccc5c4c3)n2)cc1. The van der Waals surface area contributed by atoms with Crippen LogP contribution in [0.2, 0.25) is 0 Å². The van der Waals surface area contributed by atoms with Gasteiger partial charge >= 0.3 is 0 Å². The summed E-state index contributed by atoms with van der Waals surface area (Å²) in [4.78, 5) is 19.3. The van der Waals surface area contributed by atoms with Gasteiger partial charge in [0.25, 0.3) is 0 Å². The molecule has 0 aliphatic heterocycles. The van der Waals surface area contributed by atoms with Crippen LogP contribution in [-0.2, 0) is 0 Å². The molecule has 0 fully saturated rings. The first-order chi connectivity index (χ1) is 22.7. The third-order valence-electron chi connectivity index (χ3n) is 8.17. The first kappa shape index (κ1) is 26.0. The summed E-state index contributed by atoms with van der Waals surface area (Å²) in [5.41, 5.74) is 8.94. The topological polar surface area (TPSA) is 77.8 Å². The molecule has 0 saturated carbocycles. The number of oxazole rings is 1. The maximum absolute atomic E-state index is 6.35. The van der Waals surface area contributed by atoms with Gasteiger partial charge < -0.3 is 8.83 Å². The number of nitrogens with zero attached hydrogens (tertiary/aromatic N) is 4. The molecule has 9 aromatic rings. The van der Waals surface area contributed by atoms with Crippen molar-refractivity contribution in [2.75, 3.05) is 0 Å². The first-order valence-electron chi connectivity index (χ1n) is 15.1. The quantitative estimate of drug-likeness (QED) is 0.198. The van der Waals surface area contributed by atoms with E-state index in [0.29, 0.717) is 23.4 Å². The maximum atomic E-state index is 6.35. The summed E-state index contributed by atoms with van der Waals surface area (Å²) in [6, 6.07) is 48.4. The zero-order chi connectivity index (χ0) is 30.5. The predicted molar refractivity (Wildman–Crippen MR) is 182 cm³/mol. The second kappa shape index (κ2) is 10.6. The van der Waals surface area contributed by atoms with Gasteiger partial charge in [-0.2, -0.15) is 0 Å². The highest BCUT2D eigenvalue weighted by atomic mass is 16.3. The van der Waals surface area contributed by atoms with Gasteiger partial charge in [-0.05, 0) is 65.7 Å². The van der Waals surface area contributed by atoms with Crippen LogP contribution in [0.5, 0.6) is 0 Å². The minimum Gasteiger partial charge on any atom is -0.456 e. The summed E-state index contributed by atoms with van der Waals surface area (Å²) in [6.07, 6.45) is 0. The molecule has 216 valence electrons. The van der Waals surface area contributed by atoms with Crippen molar-refractivity contribution in [3.05, 3.63) is 146 Å². The summed E-state index contributed by atoms with van der Waals surface area (Å²) in [5.74, 6) is 2.48. The van der Waals surface area contributed by atoms with Crippen molar-refractivity contribution in [3.63, 3.8) is 0 Å². The minimum absolute atomic E-state index is 0.607. The van der Waals surface area contributed by atoms with Crippen LogP contribution in [0.1, 0.15) is 0 Å². The van der Waals surface area contributed by atoms with Crippen molar-refractivity contribution in [3.8, 4) is 56.7 Å². The van der Waals surface area contributed by atoms with E-state index in [4.69, 9.17) is 23.8 Å². The second-order valence-corrected chi connectivity index (χ2v) is 11.1. The summed E-state index contributed by atoms with van der Waals surface area (Å²) in [7, 11) is 0. The zero-order valence-electron chi connectivity index (χ0n) is 24.5. The Kier molecular flexibility index (Phi) is 6.03. The lowest BCUT2D eigenvalue weighted by molar-refractivity contribution is 0.620. The number of fused-ring (bicyclic) bond motifs is 4. The number of furan rings is 1. The Bertz CT molecular complexity index is 2460. The lowest BCUT2D eigenvalue weighted by atomic mass is 10.0. The van der Waals surface area contributed by atoms with E-state index in [0.717, 1.165) is 66.4 Å². The summed E-state index contributed by atoms with van der Waals surface area (Å²) < 4.78 is 12.5. The van der Waals surface area contributed by atoms with Crippen LogP contribution in [0.4, 0.5) is 0 Å². The molecule has 0 spiro atoms. The van der Waals surface area contributed by atoms with Crippen molar-refractivity contribution in [2.45, 2.75) is 0 Å². The predicted octanol–water partition coefficient (Wildman–Crippen LogP) is 10.2. The highest BCUT2D eigenvalue weighted by Gasteiger charge is 2.16. The van der Waals surface area contributed by atoms with Crippen LogP contribution < -0.4 is 0 Å². The Morgan fingerprint density at radius 1 is 0.326 bits per heavy atom. The molecule has 0 aliphatic carbocycles. The van der Waals surface area contributed by atoms with Crippen molar-refractivity contribution >= 4 is 33.0 Å². The van der Waals surface area contributed by atoms with Crippen LogP contribution in [0.25, 0.3) is 89.8 Å². The Morgan fingerprint density at radius 3 is 1.52 bits per heavy atom. The monoisotopic (exact) mass is 592 g/mol. The van der Waals surface area contributed by atoms with E-state index in [2.05, 4.69) is 35.3 Å². The number of aromatic nitrogens is 4. The van der Waals surface area contributed by atoms with Crippen LogP contribution in [0.15, 0.2) is 154 Å². The van der Waals surface area contributed by atoms with E-state index in [1.54, 1.807) is 0 Å². The van der Waals surface area contributed by atoms with E-state index >= 15 is 0 Å². The third-order valence-corrected chi connectivity index (χ3v) is 8.17. The van der Waals surface area contributed by atoms with Gasteiger partial charge in [0.15, 0.2) is 23.1 Å². The summed E-state index contributed by atoms with van der Waals surface area (Å²) in [6.45, 7) is 0. The molecule has 0 radical (unpaired) electrons. The average Bonchev–Trinajstić information content (AvgIpc) is 3.73. The van der Waals surface area contributed by atoms with Crippen molar-refractivity contribution in [1.82, 2.24) is 19.9 Å². The average molecular weight is 593 g/mol. The third kappa shape index (κ3) is 4.60. The number of hydrogen-bond acceptors (Lipinski definition) is 6. The molecule has 0 amide bonds.